The molecule has 0 atom stereocenters. The summed E-state index contributed by atoms with van der Waals surface area (Å²) in [7, 11) is -1.55. The van der Waals surface area contributed by atoms with Crippen LogP contribution in [0.15, 0.2) is 54.6 Å². The first-order valence-corrected chi connectivity index (χ1v) is 9.91. The molecule has 5 rings (SSSR count). The van der Waals surface area contributed by atoms with Gasteiger partial charge in [0.1, 0.15) is 5.82 Å². The van der Waals surface area contributed by atoms with Crippen LogP contribution in [0.4, 0.5) is 5.82 Å². The standard InChI is InChI=1S/C22H21BN4O3/c1-14-12-17-18(23(28)29)8-5-9-19(17)27(14)22-25-20(16-10-11-30-21(16)26-22)24-13-15-6-3-2-4-7-15/h2-9,12,28-29H,10-11,13H2,1H3,(H,24,25,26). The van der Waals surface area contributed by atoms with Gasteiger partial charge in [-0.3, -0.25) is 4.57 Å². The van der Waals surface area contributed by atoms with Crippen molar-refractivity contribution in [2.45, 2.75) is 19.9 Å². The van der Waals surface area contributed by atoms with E-state index < -0.39 is 7.12 Å². The average molecular weight is 400 g/mol. The van der Waals surface area contributed by atoms with Crippen LogP contribution in [-0.2, 0) is 13.0 Å². The third-order valence-electron chi connectivity index (χ3n) is 5.39. The first kappa shape index (κ1) is 18.7. The maximum absolute atomic E-state index is 9.73. The Morgan fingerprint density at radius 3 is 2.73 bits per heavy atom. The van der Waals surface area contributed by atoms with Crippen molar-refractivity contribution in [3.63, 3.8) is 0 Å². The first-order chi connectivity index (χ1) is 14.6. The Kier molecular flexibility index (Phi) is 4.65. The number of benzene rings is 2. The minimum Gasteiger partial charge on any atom is -0.477 e. The summed E-state index contributed by atoms with van der Waals surface area (Å²) in [5.74, 6) is 1.84. The van der Waals surface area contributed by atoms with Crippen LogP contribution in [0.1, 0.15) is 16.8 Å². The molecule has 0 fully saturated rings. The number of anilines is 1. The molecule has 2 aromatic heterocycles. The summed E-state index contributed by atoms with van der Waals surface area (Å²) in [5, 5.41) is 23.6. The molecule has 8 heteroatoms. The van der Waals surface area contributed by atoms with Gasteiger partial charge in [-0.2, -0.15) is 9.97 Å². The largest absolute Gasteiger partial charge is 0.489 e. The van der Waals surface area contributed by atoms with E-state index in [0.29, 0.717) is 30.4 Å². The van der Waals surface area contributed by atoms with E-state index in [2.05, 4.69) is 22.4 Å². The normalized spacial score (nSPS) is 12.6. The Bertz CT molecular complexity index is 1220. The molecule has 1 aliphatic rings. The van der Waals surface area contributed by atoms with Crippen LogP contribution in [0.25, 0.3) is 16.9 Å². The molecule has 0 saturated carbocycles. The van der Waals surface area contributed by atoms with Gasteiger partial charge in [0.2, 0.25) is 11.8 Å². The lowest BCUT2D eigenvalue weighted by Gasteiger charge is -2.13. The van der Waals surface area contributed by atoms with Gasteiger partial charge in [0, 0.05) is 24.0 Å². The molecule has 2 aromatic carbocycles. The molecule has 7 nitrogen and oxygen atoms in total. The van der Waals surface area contributed by atoms with Crippen LogP contribution in [-0.4, -0.2) is 38.3 Å². The van der Waals surface area contributed by atoms with Crippen LogP contribution in [0, 0.1) is 6.92 Å². The lowest BCUT2D eigenvalue weighted by molar-refractivity contribution is 0.344. The van der Waals surface area contributed by atoms with E-state index in [1.54, 1.807) is 12.1 Å². The van der Waals surface area contributed by atoms with E-state index >= 15 is 0 Å². The number of aryl methyl sites for hydroxylation is 1. The van der Waals surface area contributed by atoms with E-state index in [1.165, 1.54) is 0 Å². The number of ether oxygens (including phenoxy) is 1. The predicted octanol–water partition coefficient (Wildman–Crippen LogP) is 1.96. The Morgan fingerprint density at radius 1 is 1.10 bits per heavy atom. The molecule has 3 N–H and O–H groups in total. The predicted molar refractivity (Wildman–Crippen MR) is 116 cm³/mol. The van der Waals surface area contributed by atoms with Crippen molar-refractivity contribution >= 4 is 29.3 Å². The molecule has 0 spiro atoms. The van der Waals surface area contributed by atoms with Crippen molar-refractivity contribution in [2.75, 3.05) is 11.9 Å². The lowest BCUT2D eigenvalue weighted by atomic mass is 9.78. The van der Waals surface area contributed by atoms with Gasteiger partial charge >= 0.3 is 7.12 Å². The molecule has 0 radical (unpaired) electrons. The smallest absolute Gasteiger partial charge is 0.477 e. The summed E-state index contributed by atoms with van der Waals surface area (Å²) < 4.78 is 7.67. The summed E-state index contributed by atoms with van der Waals surface area (Å²) in [6.45, 7) is 3.18. The van der Waals surface area contributed by atoms with Crippen LogP contribution in [0.2, 0.25) is 0 Å². The van der Waals surface area contributed by atoms with Crippen molar-refractivity contribution in [3.8, 4) is 11.8 Å². The van der Waals surface area contributed by atoms with E-state index in [9.17, 15) is 10.0 Å². The van der Waals surface area contributed by atoms with Gasteiger partial charge in [-0.25, -0.2) is 0 Å². The number of nitrogens with zero attached hydrogens (tertiary/aromatic N) is 3. The maximum Gasteiger partial charge on any atom is 0.489 e. The Hall–Kier alpha value is -3.36. The Balaban J connectivity index is 1.60. The van der Waals surface area contributed by atoms with E-state index in [4.69, 9.17) is 9.72 Å². The summed E-state index contributed by atoms with van der Waals surface area (Å²) in [5.41, 5.74) is 4.30. The zero-order valence-corrected chi connectivity index (χ0v) is 16.5. The molecule has 0 bridgehead atoms. The first-order valence-electron chi connectivity index (χ1n) is 9.91. The molecule has 4 aromatic rings. The lowest BCUT2D eigenvalue weighted by Crippen LogP contribution is -2.30. The second-order valence-corrected chi connectivity index (χ2v) is 7.37. The minimum atomic E-state index is -1.55. The molecular weight excluding hydrogens is 379 g/mol. The average Bonchev–Trinajstić information content (AvgIpc) is 3.35. The quantitative estimate of drug-likeness (QED) is 0.444. The molecule has 3 heterocycles. The second kappa shape index (κ2) is 7.48. The molecule has 0 aliphatic carbocycles. The van der Waals surface area contributed by atoms with Gasteiger partial charge < -0.3 is 20.1 Å². The van der Waals surface area contributed by atoms with Gasteiger partial charge in [0.25, 0.3) is 0 Å². The van der Waals surface area contributed by atoms with Crippen molar-refractivity contribution in [1.82, 2.24) is 14.5 Å². The maximum atomic E-state index is 9.73. The van der Waals surface area contributed by atoms with E-state index in [1.807, 2.05) is 41.8 Å². The third kappa shape index (κ3) is 3.20. The van der Waals surface area contributed by atoms with Crippen molar-refractivity contribution in [1.29, 1.82) is 0 Å². The number of fused-ring (bicyclic) bond motifs is 2. The van der Waals surface area contributed by atoms with Gasteiger partial charge in [-0.15, -0.1) is 0 Å². The minimum absolute atomic E-state index is 0.453. The number of hydrogen-bond acceptors (Lipinski definition) is 6. The summed E-state index contributed by atoms with van der Waals surface area (Å²) in [4.78, 5) is 9.48. The highest BCUT2D eigenvalue weighted by Crippen LogP contribution is 2.31. The van der Waals surface area contributed by atoms with Gasteiger partial charge in [-0.1, -0.05) is 42.5 Å². The van der Waals surface area contributed by atoms with Gasteiger partial charge in [0.05, 0.1) is 17.7 Å². The fourth-order valence-electron chi connectivity index (χ4n) is 3.95. The van der Waals surface area contributed by atoms with Crippen molar-refractivity contribution < 1.29 is 14.8 Å². The molecule has 1 aliphatic heterocycles. The Morgan fingerprint density at radius 2 is 1.93 bits per heavy atom. The summed E-state index contributed by atoms with van der Waals surface area (Å²) in [6.07, 6.45) is 0.763. The summed E-state index contributed by atoms with van der Waals surface area (Å²) >= 11 is 0. The van der Waals surface area contributed by atoms with Gasteiger partial charge in [-0.05, 0) is 30.1 Å². The third-order valence-corrected chi connectivity index (χ3v) is 5.39. The molecule has 150 valence electrons. The monoisotopic (exact) mass is 400 g/mol. The fourth-order valence-corrected chi connectivity index (χ4v) is 3.95. The summed E-state index contributed by atoms with van der Waals surface area (Å²) in [6, 6.07) is 17.5. The molecule has 0 amide bonds. The molecule has 0 saturated heterocycles. The van der Waals surface area contributed by atoms with Crippen LogP contribution in [0.3, 0.4) is 0 Å². The SMILES string of the molecule is Cc1cc2c(B(O)O)cccc2n1-c1nc(NCc2ccccc2)c2c(n1)OCC2. The highest BCUT2D eigenvalue weighted by molar-refractivity contribution is 6.61. The van der Waals surface area contributed by atoms with E-state index in [-0.39, 0.29) is 0 Å². The zero-order valence-electron chi connectivity index (χ0n) is 16.5. The number of rotatable bonds is 5. The molecule has 0 unspecified atom stereocenters. The van der Waals surface area contributed by atoms with Crippen LogP contribution >= 0.6 is 0 Å². The van der Waals surface area contributed by atoms with Gasteiger partial charge in [0.15, 0.2) is 0 Å². The van der Waals surface area contributed by atoms with E-state index in [0.717, 1.165) is 40.0 Å². The number of hydrogen-bond donors (Lipinski definition) is 3. The van der Waals surface area contributed by atoms with Crippen LogP contribution in [0.5, 0.6) is 5.88 Å². The second-order valence-electron chi connectivity index (χ2n) is 7.37. The van der Waals surface area contributed by atoms with Crippen molar-refractivity contribution in [3.05, 3.63) is 71.4 Å². The topological polar surface area (TPSA) is 92.4 Å². The molecular formula is C22H21BN4O3. The fraction of sp³-hybridized carbons (Fsp3) is 0.182. The van der Waals surface area contributed by atoms with Crippen LogP contribution < -0.4 is 15.5 Å². The highest BCUT2D eigenvalue weighted by Gasteiger charge is 2.24. The van der Waals surface area contributed by atoms with Crippen molar-refractivity contribution in [2.24, 2.45) is 0 Å². The molecule has 30 heavy (non-hydrogen) atoms. The zero-order chi connectivity index (χ0) is 20.7. The highest BCUT2D eigenvalue weighted by atomic mass is 16.5. The number of nitrogens with one attached hydrogen (secondary N) is 1. The number of aromatic nitrogens is 3. The Labute approximate surface area is 174 Å².